The first-order chi connectivity index (χ1) is 9.55. The quantitative estimate of drug-likeness (QED) is 0.902. The Hall–Kier alpha value is -1.82. The van der Waals surface area contributed by atoms with Crippen LogP contribution in [0.25, 0.3) is 11.4 Å². The number of alkyl halides is 3. The Morgan fingerprint density at radius 2 is 1.70 bits per heavy atom. The second kappa shape index (κ2) is 4.94. The number of nitrogens with zero attached hydrogens (tertiary/aromatic N) is 1. The van der Waals surface area contributed by atoms with E-state index in [1.54, 1.807) is 24.3 Å². The monoisotopic (exact) mass is 296 g/mol. The summed E-state index contributed by atoms with van der Waals surface area (Å²) in [6, 6.07) is 10.8. The molecule has 2 heterocycles. The molecule has 1 aromatic carbocycles. The molecule has 0 atom stereocenters. The van der Waals surface area contributed by atoms with Gasteiger partial charge in [0.15, 0.2) is 0 Å². The molecule has 0 saturated carbocycles. The van der Waals surface area contributed by atoms with Gasteiger partial charge in [0.05, 0.1) is 11.6 Å². The van der Waals surface area contributed by atoms with Gasteiger partial charge >= 0.3 is 6.18 Å². The lowest BCUT2D eigenvalue weighted by Crippen LogP contribution is -2.12. The number of thioether (sulfide) groups is 1. The Labute approximate surface area is 118 Å². The number of benzene rings is 1. The summed E-state index contributed by atoms with van der Waals surface area (Å²) in [5.74, 6) is 0.254. The Morgan fingerprint density at radius 3 is 2.30 bits per heavy atom. The number of allylic oxidation sites excluding steroid dienone is 1. The molecular formula is C14H11F3N2S. The van der Waals surface area contributed by atoms with Crippen LogP contribution in [0, 0.1) is 0 Å². The van der Waals surface area contributed by atoms with Crippen LogP contribution in [0.3, 0.4) is 0 Å². The topological polar surface area (TPSA) is 17.0 Å². The highest BCUT2D eigenvalue weighted by Gasteiger charge is 2.39. The Kier molecular flexibility index (Phi) is 3.25. The van der Waals surface area contributed by atoms with Crippen LogP contribution in [0.2, 0.25) is 0 Å². The van der Waals surface area contributed by atoms with Gasteiger partial charge in [0.2, 0.25) is 0 Å². The first kappa shape index (κ1) is 13.2. The molecule has 20 heavy (non-hydrogen) atoms. The average molecular weight is 296 g/mol. The Balaban J connectivity index is 1.95. The zero-order valence-corrected chi connectivity index (χ0v) is 11.1. The molecule has 0 bridgehead atoms. The second-order valence-corrected chi connectivity index (χ2v) is 5.29. The zero-order valence-electron chi connectivity index (χ0n) is 10.3. The van der Waals surface area contributed by atoms with Gasteiger partial charge in [0.1, 0.15) is 4.91 Å². The lowest BCUT2D eigenvalue weighted by molar-refractivity contribution is -0.0830. The van der Waals surface area contributed by atoms with Gasteiger partial charge in [-0.25, -0.2) is 0 Å². The van der Waals surface area contributed by atoms with Crippen LogP contribution >= 0.6 is 11.8 Å². The fraction of sp³-hybridized carbons (Fsp3) is 0.143. The molecule has 1 N–H and O–H groups in total. The summed E-state index contributed by atoms with van der Waals surface area (Å²) in [6.45, 7) is 0. The summed E-state index contributed by atoms with van der Waals surface area (Å²) in [5, 5.41) is 2.80. The number of rotatable bonds is 2. The maximum atomic E-state index is 12.9. The van der Waals surface area contributed by atoms with Crippen molar-refractivity contribution in [2.75, 3.05) is 5.88 Å². The van der Waals surface area contributed by atoms with Crippen molar-refractivity contribution in [1.29, 1.82) is 0 Å². The van der Waals surface area contributed by atoms with E-state index in [1.807, 2.05) is 29.1 Å². The van der Waals surface area contributed by atoms with Gasteiger partial charge < -0.3 is 9.88 Å². The molecule has 2 aromatic rings. The smallest absolute Gasteiger partial charge is 0.374 e. The van der Waals surface area contributed by atoms with E-state index in [1.165, 1.54) is 0 Å². The zero-order chi connectivity index (χ0) is 14.2. The highest BCUT2D eigenvalue weighted by Crippen LogP contribution is 2.42. The Bertz CT molecular complexity index is 627. The third kappa shape index (κ3) is 2.43. The normalized spacial score (nSPS) is 15.6. The van der Waals surface area contributed by atoms with Crippen molar-refractivity contribution >= 4 is 17.5 Å². The SMILES string of the molecule is FC(F)(F)C1=C(c2ccc(-n3cccc3)cc2)NCS1. The lowest BCUT2D eigenvalue weighted by Gasteiger charge is -2.11. The van der Waals surface area contributed by atoms with E-state index in [4.69, 9.17) is 0 Å². The summed E-state index contributed by atoms with van der Waals surface area (Å²) in [5.41, 5.74) is 1.64. The molecule has 1 aliphatic rings. The van der Waals surface area contributed by atoms with Crippen LogP contribution in [-0.4, -0.2) is 16.6 Å². The van der Waals surface area contributed by atoms with Gasteiger partial charge in [0, 0.05) is 18.1 Å². The fourth-order valence-electron chi connectivity index (χ4n) is 2.10. The van der Waals surface area contributed by atoms with E-state index in [0.29, 0.717) is 5.56 Å². The van der Waals surface area contributed by atoms with Crippen LogP contribution in [0.5, 0.6) is 0 Å². The van der Waals surface area contributed by atoms with Gasteiger partial charge in [-0.1, -0.05) is 23.9 Å². The molecule has 0 saturated heterocycles. The summed E-state index contributed by atoms with van der Waals surface area (Å²) in [4.78, 5) is -0.550. The molecule has 104 valence electrons. The van der Waals surface area contributed by atoms with Crippen molar-refractivity contribution in [3.63, 3.8) is 0 Å². The maximum absolute atomic E-state index is 12.9. The molecule has 0 radical (unpaired) electrons. The number of nitrogens with one attached hydrogen (secondary N) is 1. The van der Waals surface area contributed by atoms with Gasteiger partial charge in [-0.15, -0.1) is 0 Å². The summed E-state index contributed by atoms with van der Waals surface area (Å²) >= 11 is 0.793. The van der Waals surface area contributed by atoms with Gasteiger partial charge in [-0.05, 0) is 29.8 Å². The highest BCUT2D eigenvalue weighted by atomic mass is 32.2. The van der Waals surface area contributed by atoms with E-state index in [9.17, 15) is 13.2 Å². The molecule has 6 heteroatoms. The van der Waals surface area contributed by atoms with Crippen molar-refractivity contribution in [2.45, 2.75) is 6.18 Å². The van der Waals surface area contributed by atoms with E-state index in [2.05, 4.69) is 5.32 Å². The standard InChI is InChI=1S/C14H11F3N2S/c15-14(16,17)13-12(18-9-20-13)10-3-5-11(6-4-10)19-7-1-2-8-19/h1-8,18H,9H2. The van der Waals surface area contributed by atoms with Crippen molar-refractivity contribution < 1.29 is 13.2 Å². The highest BCUT2D eigenvalue weighted by molar-refractivity contribution is 8.03. The molecule has 0 fully saturated rings. The molecule has 0 aliphatic carbocycles. The van der Waals surface area contributed by atoms with Gasteiger partial charge in [-0.2, -0.15) is 13.2 Å². The van der Waals surface area contributed by atoms with E-state index < -0.39 is 11.1 Å². The molecule has 1 aromatic heterocycles. The minimum absolute atomic E-state index is 0.168. The summed E-state index contributed by atoms with van der Waals surface area (Å²) in [7, 11) is 0. The van der Waals surface area contributed by atoms with Crippen molar-refractivity contribution in [2.24, 2.45) is 0 Å². The van der Waals surface area contributed by atoms with Crippen LogP contribution in [0.4, 0.5) is 13.2 Å². The van der Waals surface area contributed by atoms with Crippen molar-refractivity contribution in [1.82, 2.24) is 9.88 Å². The van der Waals surface area contributed by atoms with E-state index in [-0.39, 0.29) is 11.6 Å². The molecular weight excluding hydrogens is 285 g/mol. The maximum Gasteiger partial charge on any atom is 0.424 e. The fourth-order valence-corrected chi connectivity index (χ4v) is 2.96. The first-order valence-electron chi connectivity index (χ1n) is 5.97. The third-order valence-corrected chi connectivity index (χ3v) is 4.02. The van der Waals surface area contributed by atoms with Crippen LogP contribution < -0.4 is 5.32 Å². The third-order valence-electron chi connectivity index (χ3n) is 3.01. The Morgan fingerprint density at radius 1 is 1.05 bits per heavy atom. The van der Waals surface area contributed by atoms with Crippen LogP contribution in [0.1, 0.15) is 5.56 Å². The predicted octanol–water partition coefficient (Wildman–Crippen LogP) is 4.00. The molecule has 0 unspecified atom stereocenters. The van der Waals surface area contributed by atoms with Crippen LogP contribution in [-0.2, 0) is 0 Å². The molecule has 0 spiro atoms. The minimum atomic E-state index is -4.30. The van der Waals surface area contributed by atoms with Crippen molar-refractivity contribution in [3.05, 3.63) is 59.3 Å². The summed E-state index contributed by atoms with van der Waals surface area (Å²) < 4.78 is 40.5. The minimum Gasteiger partial charge on any atom is -0.374 e. The predicted molar refractivity (Wildman–Crippen MR) is 74.3 cm³/mol. The average Bonchev–Trinajstić information content (AvgIpc) is 3.10. The molecule has 1 aliphatic heterocycles. The largest absolute Gasteiger partial charge is 0.424 e. The lowest BCUT2D eigenvalue weighted by atomic mass is 10.1. The molecule has 0 amide bonds. The number of hydrogen-bond acceptors (Lipinski definition) is 2. The summed E-state index contributed by atoms with van der Waals surface area (Å²) in [6.07, 6.45) is -0.527. The number of aromatic nitrogens is 1. The van der Waals surface area contributed by atoms with E-state index >= 15 is 0 Å². The second-order valence-electron chi connectivity index (χ2n) is 4.30. The number of halogens is 3. The van der Waals surface area contributed by atoms with E-state index in [0.717, 1.165) is 17.4 Å². The molecule has 2 nitrogen and oxygen atoms in total. The number of hydrogen-bond donors (Lipinski definition) is 1. The van der Waals surface area contributed by atoms with Gasteiger partial charge in [-0.3, -0.25) is 0 Å². The van der Waals surface area contributed by atoms with Crippen molar-refractivity contribution in [3.8, 4) is 5.69 Å². The van der Waals surface area contributed by atoms with Gasteiger partial charge in [0.25, 0.3) is 0 Å². The van der Waals surface area contributed by atoms with Crippen LogP contribution in [0.15, 0.2) is 53.7 Å². The molecule has 3 rings (SSSR count). The first-order valence-corrected chi connectivity index (χ1v) is 6.96.